The fourth-order valence-electron chi connectivity index (χ4n) is 2.51. The number of rotatable bonds is 12. The van der Waals surface area contributed by atoms with Crippen LogP contribution in [-0.2, 0) is 9.53 Å². The van der Waals surface area contributed by atoms with Crippen molar-refractivity contribution in [2.45, 2.75) is 12.5 Å². The van der Waals surface area contributed by atoms with Crippen LogP contribution in [0, 0.1) is 10.1 Å². The topological polar surface area (TPSA) is 133 Å². The molecule has 31 heavy (non-hydrogen) atoms. The Morgan fingerprint density at radius 2 is 2.06 bits per heavy atom. The van der Waals surface area contributed by atoms with Gasteiger partial charge >= 0.3 is 0 Å². The second-order valence-corrected chi connectivity index (χ2v) is 7.32. The van der Waals surface area contributed by atoms with Crippen LogP contribution < -0.4 is 15.4 Å². The fraction of sp³-hybridized carbons (Fsp3) is 0.350. The Kier molecular flexibility index (Phi) is 9.72. The number of benzene rings is 1. The second kappa shape index (κ2) is 12.5. The number of nitrogens with one attached hydrogen (secondary N) is 2. The van der Waals surface area contributed by atoms with Gasteiger partial charge in [0.05, 0.1) is 23.4 Å². The van der Waals surface area contributed by atoms with Crippen LogP contribution in [0.3, 0.4) is 0 Å². The largest absolute Gasteiger partial charge is 0.475 e. The molecule has 0 aliphatic heterocycles. The predicted octanol–water partition coefficient (Wildman–Crippen LogP) is 2.51. The maximum Gasteiger partial charge on any atom is 0.270 e. The van der Waals surface area contributed by atoms with Crippen molar-refractivity contribution in [1.29, 1.82) is 0 Å². The number of carbonyl (C=O) groups excluding carboxylic acids is 2. The summed E-state index contributed by atoms with van der Waals surface area (Å²) in [5.41, 5.74) is 0.356. The molecule has 0 saturated carbocycles. The number of methoxy groups -OCH3 is 1. The molecule has 1 atom stereocenters. The van der Waals surface area contributed by atoms with Gasteiger partial charge in [0.2, 0.25) is 11.8 Å². The van der Waals surface area contributed by atoms with Gasteiger partial charge in [0.1, 0.15) is 12.6 Å². The van der Waals surface area contributed by atoms with Gasteiger partial charge in [0, 0.05) is 30.9 Å². The minimum Gasteiger partial charge on any atom is -0.475 e. The summed E-state index contributed by atoms with van der Waals surface area (Å²) >= 11 is 1.53. The van der Waals surface area contributed by atoms with Crippen molar-refractivity contribution >= 4 is 35.0 Å². The first-order valence-corrected chi connectivity index (χ1v) is 10.8. The van der Waals surface area contributed by atoms with Crippen molar-refractivity contribution in [2.75, 3.05) is 37.6 Å². The lowest BCUT2D eigenvalue weighted by Crippen LogP contribution is -2.44. The van der Waals surface area contributed by atoms with E-state index in [1.807, 2.05) is 6.26 Å². The molecule has 0 spiro atoms. The molecule has 2 amide bonds. The van der Waals surface area contributed by atoms with E-state index in [4.69, 9.17) is 9.47 Å². The van der Waals surface area contributed by atoms with E-state index < -0.39 is 22.8 Å². The molecule has 0 radical (unpaired) electrons. The minimum atomic E-state index is -0.822. The van der Waals surface area contributed by atoms with Gasteiger partial charge in [0.15, 0.2) is 0 Å². The van der Waals surface area contributed by atoms with Crippen molar-refractivity contribution in [2.24, 2.45) is 0 Å². The zero-order chi connectivity index (χ0) is 22.6. The number of carbonyl (C=O) groups is 2. The lowest BCUT2D eigenvalue weighted by molar-refractivity contribution is -0.384. The van der Waals surface area contributed by atoms with Crippen molar-refractivity contribution in [3.05, 3.63) is 58.3 Å². The molecule has 2 rings (SSSR count). The number of pyridine rings is 1. The molecule has 0 aliphatic carbocycles. The molecule has 0 aliphatic rings. The monoisotopic (exact) mass is 448 g/mol. The van der Waals surface area contributed by atoms with E-state index >= 15 is 0 Å². The van der Waals surface area contributed by atoms with E-state index in [2.05, 4.69) is 15.6 Å². The number of anilines is 1. The lowest BCUT2D eigenvalue weighted by Gasteiger charge is -2.18. The van der Waals surface area contributed by atoms with Gasteiger partial charge in [-0.25, -0.2) is 4.98 Å². The van der Waals surface area contributed by atoms with E-state index in [9.17, 15) is 19.7 Å². The number of non-ortho nitro benzene ring substituents is 1. The predicted molar refractivity (Wildman–Crippen MR) is 118 cm³/mol. The Morgan fingerprint density at radius 3 is 2.71 bits per heavy atom. The van der Waals surface area contributed by atoms with Crippen LogP contribution in [0.1, 0.15) is 16.8 Å². The number of amides is 2. The van der Waals surface area contributed by atoms with Crippen LogP contribution >= 0.6 is 11.8 Å². The van der Waals surface area contributed by atoms with E-state index in [1.165, 1.54) is 42.2 Å². The number of hydrogen-bond donors (Lipinski definition) is 2. The van der Waals surface area contributed by atoms with Crippen molar-refractivity contribution in [3.8, 4) is 5.88 Å². The highest BCUT2D eigenvalue weighted by atomic mass is 32.2. The van der Waals surface area contributed by atoms with Gasteiger partial charge < -0.3 is 20.1 Å². The Bertz CT molecular complexity index is 893. The zero-order valence-electron chi connectivity index (χ0n) is 17.2. The summed E-state index contributed by atoms with van der Waals surface area (Å²) in [6.07, 6.45) is 3.73. The number of nitrogens with zero attached hydrogens (tertiary/aromatic N) is 2. The highest BCUT2D eigenvalue weighted by Gasteiger charge is 2.22. The molecule has 2 aromatic rings. The lowest BCUT2D eigenvalue weighted by atomic mass is 10.1. The molecule has 1 aromatic heterocycles. The maximum atomic E-state index is 12.7. The normalized spacial score (nSPS) is 11.4. The summed E-state index contributed by atoms with van der Waals surface area (Å²) in [5, 5.41) is 16.3. The van der Waals surface area contributed by atoms with Crippen molar-refractivity contribution in [1.82, 2.24) is 10.3 Å². The van der Waals surface area contributed by atoms with Gasteiger partial charge in [-0.2, -0.15) is 11.8 Å². The average molecular weight is 449 g/mol. The molecule has 0 bridgehead atoms. The highest BCUT2D eigenvalue weighted by Crippen LogP contribution is 2.15. The summed E-state index contributed by atoms with van der Waals surface area (Å²) < 4.78 is 10.3. The quantitative estimate of drug-likeness (QED) is 0.287. The summed E-state index contributed by atoms with van der Waals surface area (Å²) in [4.78, 5) is 39.8. The van der Waals surface area contributed by atoms with Gasteiger partial charge in [0.25, 0.3) is 11.6 Å². The highest BCUT2D eigenvalue weighted by molar-refractivity contribution is 7.98. The molecule has 11 heteroatoms. The molecular formula is C20H24N4O6S. The molecule has 0 fully saturated rings. The molecule has 2 N–H and O–H groups in total. The van der Waals surface area contributed by atoms with Crippen LogP contribution in [0.15, 0.2) is 42.6 Å². The number of hydrogen-bond acceptors (Lipinski definition) is 8. The first kappa shape index (κ1) is 24.1. The van der Waals surface area contributed by atoms with Gasteiger partial charge in [-0.15, -0.1) is 0 Å². The summed E-state index contributed by atoms with van der Waals surface area (Å²) in [6.45, 7) is 0.789. The van der Waals surface area contributed by atoms with Gasteiger partial charge in [-0.05, 0) is 30.6 Å². The third-order valence-corrected chi connectivity index (χ3v) is 4.74. The average Bonchev–Trinajstić information content (AvgIpc) is 2.77. The van der Waals surface area contributed by atoms with Gasteiger partial charge in [-0.1, -0.05) is 6.07 Å². The van der Waals surface area contributed by atoms with E-state index in [0.717, 1.165) is 0 Å². The third-order valence-electron chi connectivity index (χ3n) is 4.09. The number of ether oxygens (including phenoxy) is 2. The SMILES string of the molecule is COCCOc1ccc(NC(=O)C(CCSC)NC(=O)c2cccc([N+](=O)[O-])c2)cn1. The number of thioether (sulfide) groups is 1. The van der Waals surface area contributed by atoms with Crippen molar-refractivity contribution < 1.29 is 24.0 Å². The van der Waals surface area contributed by atoms with Crippen LogP contribution in [0.2, 0.25) is 0 Å². The minimum absolute atomic E-state index is 0.107. The molecule has 1 heterocycles. The Morgan fingerprint density at radius 1 is 1.26 bits per heavy atom. The summed E-state index contributed by atoms with van der Waals surface area (Å²) in [7, 11) is 1.57. The molecule has 10 nitrogen and oxygen atoms in total. The Balaban J connectivity index is 2.03. The second-order valence-electron chi connectivity index (χ2n) is 6.33. The standard InChI is InChI=1S/C20H24N4O6S/c1-29-9-10-30-18-7-6-15(13-21-18)22-20(26)17(8-11-31-2)23-19(25)14-4-3-5-16(12-14)24(27)28/h3-7,12-13,17H,8-11H2,1-2H3,(H,22,26)(H,23,25). The molecule has 1 aromatic carbocycles. The maximum absolute atomic E-state index is 12.7. The third kappa shape index (κ3) is 7.87. The number of aromatic nitrogens is 1. The number of nitro groups is 1. The van der Waals surface area contributed by atoms with Crippen LogP contribution in [0.5, 0.6) is 5.88 Å². The first-order valence-electron chi connectivity index (χ1n) is 9.37. The molecule has 0 saturated heterocycles. The fourth-order valence-corrected chi connectivity index (χ4v) is 2.98. The number of nitro benzene ring substituents is 1. The summed E-state index contributed by atoms with van der Waals surface area (Å²) in [6, 6.07) is 7.78. The Labute approximate surface area is 183 Å². The van der Waals surface area contributed by atoms with Crippen molar-refractivity contribution in [3.63, 3.8) is 0 Å². The first-order chi connectivity index (χ1) is 14.9. The van der Waals surface area contributed by atoms with E-state index in [-0.39, 0.29) is 11.3 Å². The Hall–Kier alpha value is -3.18. The molecule has 1 unspecified atom stereocenters. The zero-order valence-corrected chi connectivity index (χ0v) is 18.0. The van der Waals surface area contributed by atoms with Crippen LogP contribution in [0.4, 0.5) is 11.4 Å². The van der Waals surface area contributed by atoms with Crippen LogP contribution in [0.25, 0.3) is 0 Å². The molecular weight excluding hydrogens is 424 g/mol. The van der Waals surface area contributed by atoms with Crippen LogP contribution in [-0.4, -0.2) is 60.1 Å². The summed E-state index contributed by atoms with van der Waals surface area (Å²) in [5.74, 6) is 0.0540. The molecule has 166 valence electrons. The van der Waals surface area contributed by atoms with E-state index in [1.54, 1.807) is 19.2 Å². The smallest absolute Gasteiger partial charge is 0.270 e. The van der Waals surface area contributed by atoms with E-state index in [0.29, 0.717) is 37.0 Å². The van der Waals surface area contributed by atoms with Gasteiger partial charge in [-0.3, -0.25) is 19.7 Å².